The minimum absolute atomic E-state index is 0.0500. The smallest absolute Gasteiger partial charge is 0.416 e. The second-order valence-electron chi connectivity index (χ2n) is 3.63. The third-order valence-electron chi connectivity index (χ3n) is 2.11. The van der Waals surface area contributed by atoms with Gasteiger partial charge in [-0.05, 0) is 24.6 Å². The first-order valence-electron chi connectivity index (χ1n) is 5.13. The van der Waals surface area contributed by atoms with Gasteiger partial charge in [-0.15, -0.1) is 11.6 Å². The Bertz CT molecular complexity index is 394. The lowest BCUT2D eigenvalue weighted by Crippen LogP contribution is -2.11. The van der Waals surface area contributed by atoms with Gasteiger partial charge >= 0.3 is 12.4 Å². The minimum atomic E-state index is -4.87. The molecule has 1 rings (SSSR count). The fourth-order valence-electron chi connectivity index (χ4n) is 1.25. The Balaban J connectivity index is 3.10. The Hall–Kier alpha value is -1.11. The van der Waals surface area contributed by atoms with E-state index in [9.17, 15) is 26.3 Å². The molecule has 0 fully saturated rings. The third kappa shape index (κ3) is 4.81. The van der Waals surface area contributed by atoms with Crippen molar-refractivity contribution in [3.05, 3.63) is 29.3 Å². The van der Waals surface area contributed by atoms with Crippen LogP contribution in [0.3, 0.4) is 0 Å². The molecule has 0 aliphatic carbocycles. The highest BCUT2D eigenvalue weighted by Crippen LogP contribution is 2.38. The van der Waals surface area contributed by atoms with Gasteiger partial charge in [-0.25, -0.2) is 0 Å². The summed E-state index contributed by atoms with van der Waals surface area (Å²) in [5.74, 6) is -0.280. The largest absolute Gasteiger partial charge is 0.494 e. The summed E-state index contributed by atoms with van der Waals surface area (Å²) >= 11 is 5.34. The van der Waals surface area contributed by atoms with Crippen LogP contribution >= 0.6 is 11.6 Å². The first-order valence-corrected chi connectivity index (χ1v) is 5.66. The van der Waals surface area contributed by atoms with E-state index in [0.29, 0.717) is 18.6 Å². The molecule has 1 aromatic rings. The molecular weight excluding hydrogens is 298 g/mol. The number of alkyl halides is 7. The third-order valence-corrected chi connectivity index (χ3v) is 2.38. The summed E-state index contributed by atoms with van der Waals surface area (Å²) in [6, 6.07) is 1.11. The van der Waals surface area contributed by atoms with Crippen LogP contribution in [0, 0.1) is 0 Å². The maximum atomic E-state index is 12.5. The fraction of sp³-hybridized carbons (Fsp3) is 0.455. The normalized spacial score (nSPS) is 12.6. The summed E-state index contributed by atoms with van der Waals surface area (Å²) in [7, 11) is 0. The molecule has 0 atom stereocenters. The van der Waals surface area contributed by atoms with Gasteiger partial charge in [0, 0.05) is 5.88 Å². The number of hydrogen-bond acceptors (Lipinski definition) is 1. The zero-order valence-electron chi connectivity index (χ0n) is 9.41. The van der Waals surface area contributed by atoms with Crippen LogP contribution in [0.1, 0.15) is 17.5 Å². The highest BCUT2D eigenvalue weighted by Gasteiger charge is 2.37. The molecule has 0 aliphatic heterocycles. The molecule has 108 valence electrons. The van der Waals surface area contributed by atoms with Gasteiger partial charge in [-0.2, -0.15) is 26.3 Å². The Kier molecular flexibility index (Phi) is 4.95. The molecule has 1 nitrogen and oxygen atoms in total. The van der Waals surface area contributed by atoms with Crippen molar-refractivity contribution < 1.29 is 31.1 Å². The van der Waals surface area contributed by atoms with Crippen LogP contribution in [0.25, 0.3) is 0 Å². The van der Waals surface area contributed by atoms with E-state index in [1.165, 1.54) is 0 Å². The molecule has 0 saturated carbocycles. The quantitative estimate of drug-likeness (QED) is 0.444. The van der Waals surface area contributed by atoms with E-state index in [1.54, 1.807) is 0 Å². The van der Waals surface area contributed by atoms with Crippen molar-refractivity contribution in [1.29, 1.82) is 0 Å². The summed E-state index contributed by atoms with van der Waals surface area (Å²) in [4.78, 5) is 0. The van der Waals surface area contributed by atoms with Crippen LogP contribution in [0.2, 0.25) is 0 Å². The van der Waals surface area contributed by atoms with Gasteiger partial charge in [-0.3, -0.25) is 0 Å². The number of hydrogen-bond donors (Lipinski definition) is 0. The van der Waals surface area contributed by atoms with E-state index in [-0.39, 0.29) is 18.6 Å². The van der Waals surface area contributed by atoms with E-state index in [4.69, 9.17) is 16.3 Å². The lowest BCUT2D eigenvalue weighted by atomic mass is 10.1. The van der Waals surface area contributed by atoms with Gasteiger partial charge in [-0.1, -0.05) is 0 Å². The van der Waals surface area contributed by atoms with Crippen molar-refractivity contribution in [3.63, 3.8) is 0 Å². The molecule has 19 heavy (non-hydrogen) atoms. The maximum Gasteiger partial charge on any atom is 0.416 e. The highest BCUT2D eigenvalue weighted by atomic mass is 35.5. The predicted octanol–water partition coefficient (Wildman–Crippen LogP) is 4.73. The molecule has 0 amide bonds. The number of rotatable bonds is 4. The Morgan fingerprint density at radius 2 is 1.37 bits per heavy atom. The molecule has 0 heterocycles. The van der Waals surface area contributed by atoms with Crippen molar-refractivity contribution in [2.45, 2.75) is 18.8 Å². The first kappa shape index (κ1) is 15.9. The Morgan fingerprint density at radius 3 is 1.74 bits per heavy atom. The second-order valence-corrected chi connectivity index (χ2v) is 4.01. The molecule has 1 aromatic carbocycles. The first-order chi connectivity index (χ1) is 8.64. The average molecular weight is 307 g/mol. The number of benzene rings is 1. The van der Waals surface area contributed by atoms with Gasteiger partial charge in [0.05, 0.1) is 17.7 Å². The predicted molar refractivity (Wildman–Crippen MR) is 57.3 cm³/mol. The molecular formula is C11H9ClF6O. The maximum absolute atomic E-state index is 12.5. The van der Waals surface area contributed by atoms with Crippen LogP contribution in [0.5, 0.6) is 5.75 Å². The van der Waals surface area contributed by atoms with E-state index >= 15 is 0 Å². The molecule has 0 saturated heterocycles. The lowest BCUT2D eigenvalue weighted by molar-refractivity contribution is -0.143. The zero-order valence-corrected chi connectivity index (χ0v) is 10.2. The Labute approximate surface area is 110 Å². The van der Waals surface area contributed by atoms with Crippen LogP contribution in [0.4, 0.5) is 26.3 Å². The SMILES string of the molecule is FC(F)(F)c1cc(OCCCCl)cc(C(F)(F)F)c1. The molecule has 0 radical (unpaired) electrons. The summed E-state index contributed by atoms with van der Waals surface area (Å²) in [6.45, 7) is -0.0535. The summed E-state index contributed by atoms with van der Waals surface area (Å²) in [6.07, 6.45) is -9.42. The van der Waals surface area contributed by atoms with E-state index in [1.807, 2.05) is 0 Å². The van der Waals surface area contributed by atoms with Crippen molar-refractivity contribution in [1.82, 2.24) is 0 Å². The molecule has 0 aliphatic rings. The van der Waals surface area contributed by atoms with Crippen LogP contribution in [-0.2, 0) is 12.4 Å². The molecule has 0 aromatic heterocycles. The van der Waals surface area contributed by atoms with Crippen molar-refractivity contribution in [2.24, 2.45) is 0 Å². The monoisotopic (exact) mass is 306 g/mol. The van der Waals surface area contributed by atoms with Gasteiger partial charge in [0.2, 0.25) is 0 Å². The number of ether oxygens (including phenoxy) is 1. The van der Waals surface area contributed by atoms with Crippen LogP contribution in [-0.4, -0.2) is 12.5 Å². The molecule has 0 unspecified atom stereocenters. The molecule has 8 heteroatoms. The summed E-state index contributed by atoms with van der Waals surface area (Å²) in [5, 5.41) is 0. The topological polar surface area (TPSA) is 9.23 Å². The Morgan fingerprint density at radius 1 is 0.895 bits per heavy atom. The minimum Gasteiger partial charge on any atom is -0.494 e. The van der Waals surface area contributed by atoms with E-state index < -0.39 is 29.2 Å². The van der Waals surface area contributed by atoms with E-state index in [2.05, 4.69) is 0 Å². The van der Waals surface area contributed by atoms with Crippen molar-refractivity contribution in [2.75, 3.05) is 12.5 Å². The van der Waals surface area contributed by atoms with Crippen LogP contribution < -0.4 is 4.74 Å². The summed E-state index contributed by atoms with van der Waals surface area (Å²) in [5.41, 5.74) is -2.80. The molecule has 0 N–H and O–H groups in total. The zero-order chi connectivity index (χ0) is 14.7. The number of halogens is 7. The standard InChI is InChI=1S/C11H9ClF6O/c12-2-1-3-19-9-5-7(10(13,14)15)4-8(6-9)11(16,17)18/h4-6H,1-3H2. The average Bonchev–Trinajstić information content (AvgIpc) is 2.27. The van der Waals surface area contributed by atoms with E-state index in [0.717, 1.165) is 0 Å². The van der Waals surface area contributed by atoms with Gasteiger partial charge in [0.1, 0.15) is 5.75 Å². The van der Waals surface area contributed by atoms with Crippen molar-refractivity contribution in [3.8, 4) is 5.75 Å². The summed E-state index contributed by atoms with van der Waals surface area (Å²) < 4.78 is 79.7. The second kappa shape index (κ2) is 5.90. The van der Waals surface area contributed by atoms with Gasteiger partial charge in [0.15, 0.2) is 0 Å². The molecule has 0 spiro atoms. The van der Waals surface area contributed by atoms with Gasteiger partial charge < -0.3 is 4.74 Å². The lowest BCUT2D eigenvalue weighted by Gasteiger charge is -2.14. The van der Waals surface area contributed by atoms with Crippen LogP contribution in [0.15, 0.2) is 18.2 Å². The molecule has 0 bridgehead atoms. The fourth-order valence-corrected chi connectivity index (χ4v) is 1.36. The van der Waals surface area contributed by atoms with Gasteiger partial charge in [0.25, 0.3) is 0 Å². The highest BCUT2D eigenvalue weighted by molar-refractivity contribution is 6.17. The van der Waals surface area contributed by atoms with Crippen molar-refractivity contribution >= 4 is 11.6 Å².